The Balaban J connectivity index is 1.41. The maximum Gasteiger partial charge on any atom is 0.255 e. The van der Waals surface area contributed by atoms with E-state index in [0.29, 0.717) is 30.3 Å². The minimum absolute atomic E-state index is 0.155. The number of benzene rings is 2. The van der Waals surface area contributed by atoms with Gasteiger partial charge in [0.25, 0.3) is 5.91 Å². The molecule has 1 amide bonds. The van der Waals surface area contributed by atoms with Gasteiger partial charge in [0.05, 0.1) is 13.2 Å². The number of nitrogens with one attached hydrogen (secondary N) is 1. The fourth-order valence-corrected chi connectivity index (χ4v) is 3.33. The van der Waals surface area contributed by atoms with Crippen LogP contribution in [0, 0.1) is 0 Å². The molecule has 1 fully saturated rings. The van der Waals surface area contributed by atoms with E-state index < -0.39 is 0 Å². The van der Waals surface area contributed by atoms with E-state index in [-0.39, 0.29) is 5.91 Å². The molecule has 2 aromatic rings. The van der Waals surface area contributed by atoms with Gasteiger partial charge in [0.15, 0.2) is 11.5 Å². The summed E-state index contributed by atoms with van der Waals surface area (Å²) in [5.41, 5.74) is 2.53. The number of hydrogen-bond acceptors (Lipinski definition) is 5. The molecular weight excluding hydrogens is 342 g/mol. The van der Waals surface area contributed by atoms with Crippen LogP contribution >= 0.6 is 0 Å². The topological polar surface area (TPSA) is 54.0 Å². The van der Waals surface area contributed by atoms with Crippen molar-refractivity contribution < 1.29 is 14.3 Å². The molecule has 0 bridgehead atoms. The van der Waals surface area contributed by atoms with Gasteiger partial charge in [-0.15, -0.1) is 0 Å². The molecule has 0 atom stereocenters. The summed E-state index contributed by atoms with van der Waals surface area (Å²) in [7, 11) is 2.15. The fraction of sp³-hybridized carbons (Fsp3) is 0.381. The second-order valence-corrected chi connectivity index (χ2v) is 7.00. The first-order valence-corrected chi connectivity index (χ1v) is 9.43. The van der Waals surface area contributed by atoms with E-state index in [1.54, 1.807) is 18.2 Å². The van der Waals surface area contributed by atoms with E-state index in [9.17, 15) is 4.79 Å². The lowest BCUT2D eigenvalue weighted by molar-refractivity contribution is 0.102. The highest BCUT2D eigenvalue weighted by Crippen LogP contribution is 2.30. The monoisotopic (exact) mass is 367 g/mol. The molecular formula is C21H25N3O3. The molecule has 2 aliphatic heterocycles. The van der Waals surface area contributed by atoms with Gasteiger partial charge in [-0.3, -0.25) is 4.79 Å². The predicted octanol–water partition coefficient (Wildman–Crippen LogP) is 2.85. The molecule has 0 spiro atoms. The molecule has 2 aromatic carbocycles. The number of hydrogen-bond donors (Lipinski definition) is 1. The largest absolute Gasteiger partial charge is 0.490 e. The van der Waals surface area contributed by atoms with E-state index in [1.165, 1.54) is 5.69 Å². The molecule has 27 heavy (non-hydrogen) atoms. The van der Waals surface area contributed by atoms with Crippen LogP contribution in [0.1, 0.15) is 16.8 Å². The average Bonchev–Trinajstić information content (AvgIpc) is 2.94. The zero-order valence-electron chi connectivity index (χ0n) is 15.6. The Bertz CT molecular complexity index is 799. The molecule has 0 aliphatic carbocycles. The van der Waals surface area contributed by atoms with Gasteiger partial charge in [-0.2, -0.15) is 0 Å². The third-order valence-corrected chi connectivity index (χ3v) is 5.00. The maximum atomic E-state index is 12.6. The molecule has 0 saturated carbocycles. The number of amides is 1. The maximum absolute atomic E-state index is 12.6. The number of ether oxygens (including phenoxy) is 2. The van der Waals surface area contributed by atoms with Crippen LogP contribution in [-0.2, 0) is 0 Å². The Labute approximate surface area is 159 Å². The highest BCUT2D eigenvalue weighted by molar-refractivity contribution is 6.04. The van der Waals surface area contributed by atoms with E-state index in [1.807, 2.05) is 12.1 Å². The summed E-state index contributed by atoms with van der Waals surface area (Å²) in [5, 5.41) is 2.96. The first kappa shape index (κ1) is 17.7. The standard InChI is InChI=1S/C21H25N3O3/c1-23-9-11-24(12-10-23)18-6-4-17(5-7-18)22-21(25)16-3-8-19-20(15-16)27-14-2-13-26-19/h3-8,15H,2,9-14H2,1H3,(H,22,25). The van der Waals surface area contributed by atoms with Crippen LogP contribution in [0.5, 0.6) is 11.5 Å². The van der Waals surface area contributed by atoms with Gasteiger partial charge >= 0.3 is 0 Å². The lowest BCUT2D eigenvalue weighted by atomic mass is 10.1. The van der Waals surface area contributed by atoms with Crippen molar-refractivity contribution in [2.24, 2.45) is 0 Å². The van der Waals surface area contributed by atoms with E-state index in [2.05, 4.69) is 34.3 Å². The number of carbonyl (C=O) groups excluding carboxylic acids is 1. The van der Waals surface area contributed by atoms with Gasteiger partial charge in [-0.25, -0.2) is 0 Å². The average molecular weight is 367 g/mol. The minimum Gasteiger partial charge on any atom is -0.490 e. The summed E-state index contributed by atoms with van der Waals surface area (Å²) < 4.78 is 11.3. The molecule has 1 saturated heterocycles. The Hall–Kier alpha value is -2.73. The first-order valence-electron chi connectivity index (χ1n) is 9.43. The van der Waals surface area contributed by atoms with Crippen LogP contribution in [0.15, 0.2) is 42.5 Å². The lowest BCUT2D eigenvalue weighted by Gasteiger charge is -2.34. The van der Waals surface area contributed by atoms with Crippen LogP contribution in [0.2, 0.25) is 0 Å². The molecule has 6 nitrogen and oxygen atoms in total. The third-order valence-electron chi connectivity index (χ3n) is 5.00. The Morgan fingerprint density at radius 1 is 0.926 bits per heavy atom. The number of fused-ring (bicyclic) bond motifs is 1. The van der Waals surface area contributed by atoms with Crippen molar-refractivity contribution in [1.82, 2.24) is 4.90 Å². The normalized spacial score (nSPS) is 17.3. The van der Waals surface area contributed by atoms with E-state index in [4.69, 9.17) is 9.47 Å². The van der Waals surface area contributed by atoms with E-state index in [0.717, 1.165) is 38.3 Å². The first-order chi connectivity index (χ1) is 13.2. The minimum atomic E-state index is -0.155. The highest BCUT2D eigenvalue weighted by Gasteiger charge is 2.16. The van der Waals surface area contributed by atoms with E-state index >= 15 is 0 Å². The molecule has 0 unspecified atom stereocenters. The molecule has 142 valence electrons. The Kier molecular flexibility index (Phi) is 5.16. The molecule has 4 rings (SSSR count). The second-order valence-electron chi connectivity index (χ2n) is 7.00. The van der Waals surface area contributed by atoms with Crippen LogP contribution < -0.4 is 19.7 Å². The van der Waals surface area contributed by atoms with Crippen molar-refractivity contribution in [3.8, 4) is 11.5 Å². The van der Waals surface area contributed by atoms with Gasteiger partial charge in [0.2, 0.25) is 0 Å². The van der Waals surface area contributed by atoms with Crippen molar-refractivity contribution in [2.75, 3.05) is 56.7 Å². The Morgan fingerprint density at radius 3 is 2.37 bits per heavy atom. The van der Waals surface area contributed by atoms with Gasteiger partial charge in [-0.1, -0.05) is 0 Å². The van der Waals surface area contributed by atoms with Crippen molar-refractivity contribution in [2.45, 2.75) is 6.42 Å². The second kappa shape index (κ2) is 7.88. The zero-order valence-corrected chi connectivity index (χ0v) is 15.6. The molecule has 1 N–H and O–H groups in total. The summed E-state index contributed by atoms with van der Waals surface area (Å²) in [6.45, 7) is 5.44. The molecule has 2 heterocycles. The SMILES string of the molecule is CN1CCN(c2ccc(NC(=O)c3ccc4c(c3)OCCCO4)cc2)CC1. The molecule has 6 heteroatoms. The van der Waals surface area contributed by atoms with Crippen molar-refractivity contribution in [3.63, 3.8) is 0 Å². The van der Waals surface area contributed by atoms with Crippen LogP contribution in [-0.4, -0.2) is 57.2 Å². The van der Waals surface area contributed by atoms with Gasteiger partial charge in [0.1, 0.15) is 0 Å². The summed E-state index contributed by atoms with van der Waals surface area (Å²) in [5.74, 6) is 1.17. The predicted molar refractivity (Wildman–Crippen MR) is 106 cm³/mol. The highest BCUT2D eigenvalue weighted by atomic mass is 16.5. The fourth-order valence-electron chi connectivity index (χ4n) is 3.33. The Morgan fingerprint density at radius 2 is 1.63 bits per heavy atom. The third kappa shape index (κ3) is 4.17. The van der Waals surface area contributed by atoms with Gasteiger partial charge in [0, 0.05) is 49.5 Å². The lowest BCUT2D eigenvalue weighted by Crippen LogP contribution is -2.44. The summed E-state index contributed by atoms with van der Waals surface area (Å²) in [4.78, 5) is 17.3. The van der Waals surface area contributed by atoms with Crippen LogP contribution in [0.25, 0.3) is 0 Å². The molecule has 2 aliphatic rings. The van der Waals surface area contributed by atoms with Crippen LogP contribution in [0.3, 0.4) is 0 Å². The van der Waals surface area contributed by atoms with Gasteiger partial charge < -0.3 is 24.6 Å². The zero-order chi connectivity index (χ0) is 18.6. The van der Waals surface area contributed by atoms with Crippen molar-refractivity contribution in [1.29, 1.82) is 0 Å². The van der Waals surface area contributed by atoms with Gasteiger partial charge in [-0.05, 0) is 49.5 Å². The molecule has 0 aromatic heterocycles. The number of anilines is 2. The van der Waals surface area contributed by atoms with Crippen molar-refractivity contribution >= 4 is 17.3 Å². The summed E-state index contributed by atoms with van der Waals surface area (Å²) in [6, 6.07) is 13.3. The number of rotatable bonds is 3. The molecule has 0 radical (unpaired) electrons. The number of piperazine rings is 1. The van der Waals surface area contributed by atoms with Crippen molar-refractivity contribution in [3.05, 3.63) is 48.0 Å². The number of nitrogens with zero attached hydrogens (tertiary/aromatic N) is 2. The summed E-state index contributed by atoms with van der Waals surface area (Å²) in [6.07, 6.45) is 0.843. The van der Waals surface area contributed by atoms with Crippen LogP contribution in [0.4, 0.5) is 11.4 Å². The smallest absolute Gasteiger partial charge is 0.255 e. The number of likely N-dealkylation sites (N-methyl/N-ethyl adjacent to an activating group) is 1. The number of carbonyl (C=O) groups is 1. The quantitative estimate of drug-likeness (QED) is 0.904. The summed E-state index contributed by atoms with van der Waals surface area (Å²) >= 11 is 0.